The van der Waals surface area contributed by atoms with Gasteiger partial charge in [-0.25, -0.2) is 23.5 Å². The number of carbonyl (C=O) groups excluding carboxylic acids is 1. The van der Waals surface area contributed by atoms with Crippen LogP contribution in [0.5, 0.6) is 0 Å². The predicted octanol–water partition coefficient (Wildman–Crippen LogP) is 5.53. The van der Waals surface area contributed by atoms with Crippen molar-refractivity contribution in [2.45, 2.75) is 26.3 Å². The molecule has 0 fully saturated rings. The van der Waals surface area contributed by atoms with Gasteiger partial charge in [0.1, 0.15) is 23.3 Å². The number of pyridine rings is 2. The minimum absolute atomic E-state index is 0.140. The van der Waals surface area contributed by atoms with E-state index in [2.05, 4.69) is 9.97 Å². The lowest BCUT2D eigenvalue weighted by Crippen LogP contribution is -2.22. The van der Waals surface area contributed by atoms with Crippen LogP contribution >= 0.6 is 0 Å². The molecule has 0 saturated heterocycles. The lowest BCUT2D eigenvalue weighted by atomic mass is 10.1. The van der Waals surface area contributed by atoms with Crippen molar-refractivity contribution in [3.8, 4) is 0 Å². The average Bonchev–Trinajstić information content (AvgIpc) is 2.93. The van der Waals surface area contributed by atoms with E-state index in [-0.39, 0.29) is 24.3 Å². The highest BCUT2D eigenvalue weighted by molar-refractivity contribution is 5.89. The molecule has 0 N–H and O–H groups in total. The molecule has 158 valence electrons. The SMILES string of the molecule is CCCCOC(=O)c1cc(F)c(CN2c3ncccc3C=Cc3cccnc32)c(F)c1. The molecule has 7 heteroatoms. The first kappa shape index (κ1) is 20.7. The standard InChI is InChI=1S/C24H21F2N3O2/c1-2-3-12-31-24(30)18-13-20(25)19(21(26)14-18)15-29-22-16(6-4-10-27-22)8-9-17-7-5-11-28-23(17)29/h4-11,13-14H,2-3,12,15H2,1H3. The summed E-state index contributed by atoms with van der Waals surface area (Å²) in [7, 11) is 0. The van der Waals surface area contributed by atoms with Crippen LogP contribution in [0.15, 0.2) is 48.8 Å². The third-order valence-corrected chi connectivity index (χ3v) is 5.01. The van der Waals surface area contributed by atoms with Gasteiger partial charge in [-0.1, -0.05) is 25.5 Å². The number of hydrogen-bond acceptors (Lipinski definition) is 5. The molecule has 1 aliphatic rings. The van der Waals surface area contributed by atoms with E-state index >= 15 is 0 Å². The number of rotatable bonds is 6. The largest absolute Gasteiger partial charge is 0.462 e. The van der Waals surface area contributed by atoms with E-state index in [9.17, 15) is 13.6 Å². The van der Waals surface area contributed by atoms with Gasteiger partial charge in [0.25, 0.3) is 0 Å². The summed E-state index contributed by atoms with van der Waals surface area (Å²) < 4.78 is 34.9. The minimum atomic E-state index is -0.824. The molecular formula is C24H21F2N3O2. The van der Waals surface area contributed by atoms with Crippen LogP contribution in [0.3, 0.4) is 0 Å². The van der Waals surface area contributed by atoms with Crippen molar-refractivity contribution in [1.29, 1.82) is 0 Å². The fourth-order valence-electron chi connectivity index (χ4n) is 3.38. The van der Waals surface area contributed by atoms with Gasteiger partial charge in [0, 0.05) is 29.1 Å². The molecule has 0 radical (unpaired) electrons. The number of anilines is 2. The summed E-state index contributed by atoms with van der Waals surface area (Å²) in [5.74, 6) is -1.31. The molecule has 0 atom stereocenters. The van der Waals surface area contributed by atoms with Crippen LogP contribution in [0.25, 0.3) is 12.2 Å². The molecule has 0 bridgehead atoms. The van der Waals surface area contributed by atoms with Crippen LogP contribution in [0.1, 0.15) is 46.8 Å². The van der Waals surface area contributed by atoms with E-state index in [0.717, 1.165) is 29.7 Å². The zero-order valence-corrected chi connectivity index (χ0v) is 17.0. The van der Waals surface area contributed by atoms with Crippen LogP contribution in [-0.2, 0) is 11.3 Å². The van der Waals surface area contributed by atoms with E-state index in [4.69, 9.17) is 4.74 Å². The molecule has 4 rings (SSSR count). The van der Waals surface area contributed by atoms with Gasteiger partial charge in [-0.3, -0.25) is 0 Å². The number of esters is 1. The topological polar surface area (TPSA) is 55.3 Å². The summed E-state index contributed by atoms with van der Waals surface area (Å²) in [6, 6.07) is 9.37. The molecule has 31 heavy (non-hydrogen) atoms. The van der Waals surface area contributed by atoms with Crippen molar-refractivity contribution in [3.63, 3.8) is 0 Å². The van der Waals surface area contributed by atoms with Crippen molar-refractivity contribution in [2.24, 2.45) is 0 Å². The number of aromatic nitrogens is 2. The van der Waals surface area contributed by atoms with Gasteiger partial charge in [-0.15, -0.1) is 0 Å². The first-order valence-electron chi connectivity index (χ1n) is 10.1. The molecule has 1 aromatic carbocycles. The summed E-state index contributed by atoms with van der Waals surface area (Å²) >= 11 is 0. The lowest BCUT2D eigenvalue weighted by molar-refractivity contribution is 0.0498. The van der Waals surface area contributed by atoms with E-state index < -0.39 is 17.6 Å². The summed E-state index contributed by atoms with van der Waals surface area (Å²) in [6.45, 7) is 2.03. The van der Waals surface area contributed by atoms with Gasteiger partial charge in [-0.05, 0) is 42.8 Å². The molecule has 0 aliphatic carbocycles. The number of benzene rings is 1. The zero-order valence-electron chi connectivity index (χ0n) is 17.0. The second-order valence-electron chi connectivity index (χ2n) is 7.16. The fourth-order valence-corrected chi connectivity index (χ4v) is 3.38. The number of halogens is 2. The van der Waals surface area contributed by atoms with Crippen molar-refractivity contribution in [3.05, 3.63) is 82.7 Å². The van der Waals surface area contributed by atoms with Crippen molar-refractivity contribution in [1.82, 2.24) is 9.97 Å². The van der Waals surface area contributed by atoms with Crippen LogP contribution in [-0.4, -0.2) is 22.5 Å². The maximum Gasteiger partial charge on any atom is 0.338 e. The molecule has 0 amide bonds. The molecular weight excluding hydrogens is 400 g/mol. The van der Waals surface area contributed by atoms with Crippen molar-refractivity contribution >= 4 is 29.8 Å². The van der Waals surface area contributed by atoms with E-state index in [0.29, 0.717) is 18.1 Å². The van der Waals surface area contributed by atoms with Gasteiger partial charge < -0.3 is 9.64 Å². The average molecular weight is 421 g/mol. The summed E-state index contributed by atoms with van der Waals surface area (Å²) in [6.07, 6.45) is 8.57. The zero-order chi connectivity index (χ0) is 21.8. The Balaban J connectivity index is 1.69. The molecule has 0 spiro atoms. The Morgan fingerprint density at radius 1 is 1.00 bits per heavy atom. The third-order valence-electron chi connectivity index (χ3n) is 5.01. The Kier molecular flexibility index (Phi) is 6.02. The maximum absolute atomic E-state index is 14.9. The summed E-state index contributed by atoms with van der Waals surface area (Å²) in [4.78, 5) is 22.6. The Morgan fingerprint density at radius 3 is 2.13 bits per heavy atom. The van der Waals surface area contributed by atoms with Crippen molar-refractivity contribution < 1.29 is 18.3 Å². The second-order valence-corrected chi connectivity index (χ2v) is 7.16. The number of fused-ring (bicyclic) bond motifs is 2. The van der Waals surface area contributed by atoms with Crippen LogP contribution < -0.4 is 4.90 Å². The highest BCUT2D eigenvalue weighted by Gasteiger charge is 2.24. The van der Waals surface area contributed by atoms with Crippen LogP contribution in [0.2, 0.25) is 0 Å². The quantitative estimate of drug-likeness (QED) is 0.387. The Bertz CT molecular complexity index is 1070. The third kappa shape index (κ3) is 4.30. The Labute approximate surface area is 179 Å². The number of hydrogen-bond donors (Lipinski definition) is 0. The Hall–Kier alpha value is -3.61. The van der Waals surface area contributed by atoms with Crippen LogP contribution in [0, 0.1) is 11.6 Å². The first-order valence-corrected chi connectivity index (χ1v) is 10.1. The highest BCUT2D eigenvalue weighted by atomic mass is 19.1. The molecule has 0 saturated carbocycles. The molecule has 2 aromatic heterocycles. The fraction of sp³-hybridized carbons (Fsp3) is 0.208. The van der Waals surface area contributed by atoms with Gasteiger partial charge in [0.15, 0.2) is 0 Å². The summed E-state index contributed by atoms with van der Waals surface area (Å²) in [5.41, 5.74) is 1.28. The molecule has 3 aromatic rings. The Morgan fingerprint density at radius 2 is 1.58 bits per heavy atom. The van der Waals surface area contributed by atoms with Gasteiger partial charge in [-0.2, -0.15) is 0 Å². The predicted molar refractivity (Wildman–Crippen MR) is 115 cm³/mol. The van der Waals surface area contributed by atoms with Gasteiger partial charge in [0.2, 0.25) is 0 Å². The number of ether oxygens (including phenoxy) is 1. The maximum atomic E-state index is 14.9. The normalized spacial score (nSPS) is 12.2. The van der Waals surface area contributed by atoms with Crippen molar-refractivity contribution in [2.75, 3.05) is 11.5 Å². The van der Waals surface area contributed by atoms with E-state index in [1.54, 1.807) is 29.4 Å². The molecule has 3 heterocycles. The highest BCUT2D eigenvalue weighted by Crippen LogP contribution is 2.35. The summed E-state index contributed by atoms with van der Waals surface area (Å²) in [5, 5.41) is 0. The van der Waals surface area contributed by atoms with Gasteiger partial charge >= 0.3 is 5.97 Å². The monoisotopic (exact) mass is 421 g/mol. The molecule has 5 nitrogen and oxygen atoms in total. The smallest absolute Gasteiger partial charge is 0.338 e. The first-order chi connectivity index (χ1) is 15.1. The van der Waals surface area contributed by atoms with Gasteiger partial charge in [0.05, 0.1) is 18.7 Å². The molecule has 1 aliphatic heterocycles. The number of unbranched alkanes of at least 4 members (excludes halogenated alkanes) is 1. The lowest BCUT2D eigenvalue weighted by Gasteiger charge is -2.25. The van der Waals surface area contributed by atoms with E-state index in [1.807, 2.05) is 31.2 Å². The number of carbonyl (C=O) groups is 1. The number of nitrogens with zero attached hydrogens (tertiary/aromatic N) is 3. The second kappa shape index (κ2) is 9.04. The molecule has 0 unspecified atom stereocenters. The van der Waals surface area contributed by atoms with E-state index in [1.165, 1.54) is 0 Å². The van der Waals surface area contributed by atoms with Crippen LogP contribution in [0.4, 0.5) is 20.4 Å². The minimum Gasteiger partial charge on any atom is -0.462 e.